The molecule has 29 heavy (non-hydrogen) atoms. The van der Waals surface area contributed by atoms with E-state index in [9.17, 15) is 4.79 Å². The first-order chi connectivity index (χ1) is 14.2. The number of hydrogen-bond donors (Lipinski definition) is 1. The van der Waals surface area contributed by atoms with Gasteiger partial charge in [0.05, 0.1) is 24.5 Å². The van der Waals surface area contributed by atoms with Gasteiger partial charge in [0, 0.05) is 52.2 Å². The summed E-state index contributed by atoms with van der Waals surface area (Å²) >= 11 is 6.41. The lowest BCUT2D eigenvalue weighted by Crippen LogP contribution is -2.48. The summed E-state index contributed by atoms with van der Waals surface area (Å²) < 4.78 is 16.6. The van der Waals surface area contributed by atoms with Crippen LogP contribution in [0.15, 0.2) is 34.9 Å². The molecule has 2 aliphatic rings. The van der Waals surface area contributed by atoms with Crippen LogP contribution in [0.3, 0.4) is 0 Å². The Hall–Kier alpha value is -2.22. The van der Waals surface area contributed by atoms with Crippen molar-refractivity contribution in [1.29, 1.82) is 0 Å². The quantitative estimate of drug-likeness (QED) is 0.776. The van der Waals surface area contributed by atoms with Crippen LogP contribution < -0.4 is 14.8 Å². The lowest BCUT2D eigenvalue weighted by atomic mass is 10.1. The number of amides is 1. The van der Waals surface area contributed by atoms with Gasteiger partial charge in [-0.3, -0.25) is 14.6 Å². The minimum atomic E-state index is -0.167. The second-order valence-corrected chi connectivity index (χ2v) is 7.71. The monoisotopic (exact) mass is 419 g/mol. The van der Waals surface area contributed by atoms with E-state index >= 15 is 0 Å². The van der Waals surface area contributed by atoms with Crippen LogP contribution in [0.25, 0.3) is 0 Å². The first-order valence-electron chi connectivity index (χ1n) is 10.0. The van der Waals surface area contributed by atoms with Gasteiger partial charge in [-0.05, 0) is 29.8 Å². The highest BCUT2D eigenvalue weighted by molar-refractivity contribution is 6.32. The number of ether oxygens (including phenoxy) is 2. The molecule has 0 spiro atoms. The van der Waals surface area contributed by atoms with Crippen molar-refractivity contribution in [3.05, 3.63) is 46.9 Å². The molecule has 4 rings (SSSR count). The van der Waals surface area contributed by atoms with E-state index in [0.29, 0.717) is 36.3 Å². The van der Waals surface area contributed by atoms with Crippen molar-refractivity contribution in [1.82, 2.24) is 15.1 Å². The number of carbonyl (C=O) groups excluding carboxylic acids is 1. The third-order valence-electron chi connectivity index (χ3n) is 5.19. The molecule has 1 amide bonds. The Morgan fingerprint density at radius 1 is 1.10 bits per heavy atom. The van der Waals surface area contributed by atoms with E-state index in [1.54, 1.807) is 12.1 Å². The summed E-state index contributed by atoms with van der Waals surface area (Å²) in [5.74, 6) is 1.59. The maximum absolute atomic E-state index is 11.9. The van der Waals surface area contributed by atoms with E-state index in [0.717, 1.165) is 57.0 Å². The summed E-state index contributed by atoms with van der Waals surface area (Å²) in [5, 5.41) is 3.51. The summed E-state index contributed by atoms with van der Waals surface area (Å²) in [6.45, 7) is 7.44. The van der Waals surface area contributed by atoms with Gasteiger partial charge < -0.3 is 19.2 Å². The summed E-state index contributed by atoms with van der Waals surface area (Å²) in [4.78, 5) is 16.7. The first-order valence-corrected chi connectivity index (χ1v) is 10.4. The molecule has 1 aromatic carbocycles. The molecule has 1 aromatic heterocycles. The van der Waals surface area contributed by atoms with Gasteiger partial charge in [0.15, 0.2) is 17.3 Å². The normalized spacial score (nSPS) is 17.7. The molecule has 3 heterocycles. The summed E-state index contributed by atoms with van der Waals surface area (Å²) in [7, 11) is 0. The molecule has 0 atom stereocenters. The first kappa shape index (κ1) is 20.1. The van der Waals surface area contributed by atoms with Gasteiger partial charge >= 0.3 is 0 Å². The van der Waals surface area contributed by atoms with E-state index in [4.69, 9.17) is 25.5 Å². The van der Waals surface area contributed by atoms with Gasteiger partial charge in [-0.25, -0.2) is 0 Å². The largest absolute Gasteiger partial charge is 0.489 e. The van der Waals surface area contributed by atoms with Crippen molar-refractivity contribution >= 4 is 17.5 Å². The minimum absolute atomic E-state index is 0.167. The fourth-order valence-corrected chi connectivity index (χ4v) is 3.91. The van der Waals surface area contributed by atoms with Crippen LogP contribution in [0, 0.1) is 0 Å². The molecule has 1 N–H and O–H groups in total. The van der Waals surface area contributed by atoms with Gasteiger partial charge in [-0.1, -0.05) is 11.6 Å². The van der Waals surface area contributed by atoms with E-state index in [1.165, 1.54) is 6.26 Å². The zero-order chi connectivity index (χ0) is 20.1. The number of carbonyl (C=O) groups is 1. The van der Waals surface area contributed by atoms with Crippen molar-refractivity contribution in [2.75, 3.05) is 52.5 Å². The highest BCUT2D eigenvalue weighted by Crippen LogP contribution is 2.38. The number of hydrogen-bond acceptors (Lipinski definition) is 6. The maximum Gasteiger partial charge on any atom is 0.287 e. The van der Waals surface area contributed by atoms with E-state index in [2.05, 4.69) is 15.1 Å². The average molecular weight is 420 g/mol. The predicted octanol–water partition coefficient (Wildman–Crippen LogP) is 2.64. The molecule has 1 saturated heterocycles. The van der Waals surface area contributed by atoms with E-state index in [1.807, 2.05) is 12.1 Å². The standard InChI is InChI=1S/C21H26ClN3O4/c22-17-13-16(14-19-20(17)29-12-2-11-28-19)15-25-8-6-24(7-9-25)5-4-23-21(26)18-3-1-10-27-18/h1,3,10,13-14H,2,4-9,11-12,15H2,(H,23,26). The lowest BCUT2D eigenvalue weighted by Gasteiger charge is -2.34. The molecule has 2 aliphatic heterocycles. The number of piperazine rings is 1. The van der Waals surface area contributed by atoms with Crippen LogP contribution in [0.1, 0.15) is 22.5 Å². The Labute approximate surface area is 175 Å². The zero-order valence-electron chi connectivity index (χ0n) is 16.4. The number of fused-ring (bicyclic) bond motifs is 1. The molecule has 1 fully saturated rings. The molecule has 2 aromatic rings. The zero-order valence-corrected chi connectivity index (χ0v) is 17.1. The van der Waals surface area contributed by atoms with Gasteiger partial charge in [0.1, 0.15) is 0 Å². The fraction of sp³-hybridized carbons (Fsp3) is 0.476. The van der Waals surface area contributed by atoms with Crippen molar-refractivity contribution in [2.45, 2.75) is 13.0 Å². The van der Waals surface area contributed by atoms with Crippen molar-refractivity contribution in [3.8, 4) is 11.5 Å². The van der Waals surface area contributed by atoms with Crippen LogP contribution in [0.5, 0.6) is 11.5 Å². The number of nitrogens with zero attached hydrogens (tertiary/aromatic N) is 2. The number of furan rings is 1. The Bertz CT molecular complexity index is 820. The van der Waals surface area contributed by atoms with Gasteiger partial charge in [0.2, 0.25) is 0 Å². The Morgan fingerprint density at radius 3 is 2.69 bits per heavy atom. The molecule has 0 unspecified atom stereocenters. The van der Waals surface area contributed by atoms with Crippen LogP contribution in [0.2, 0.25) is 5.02 Å². The van der Waals surface area contributed by atoms with Crippen LogP contribution >= 0.6 is 11.6 Å². The SMILES string of the molecule is O=C(NCCN1CCN(Cc2cc(Cl)c3c(c2)OCCCO3)CC1)c1ccco1. The highest BCUT2D eigenvalue weighted by Gasteiger charge is 2.20. The van der Waals surface area contributed by atoms with Gasteiger partial charge in [-0.2, -0.15) is 0 Å². The number of halogens is 1. The molecule has 0 saturated carbocycles. The Balaban J connectivity index is 1.22. The number of benzene rings is 1. The molecule has 0 bridgehead atoms. The van der Waals surface area contributed by atoms with Gasteiger partial charge in [-0.15, -0.1) is 0 Å². The average Bonchev–Trinajstić information content (AvgIpc) is 3.15. The summed E-state index contributed by atoms with van der Waals surface area (Å²) in [5.41, 5.74) is 1.14. The molecular weight excluding hydrogens is 394 g/mol. The lowest BCUT2D eigenvalue weighted by molar-refractivity contribution is 0.0907. The fourth-order valence-electron chi connectivity index (χ4n) is 3.63. The summed E-state index contributed by atoms with van der Waals surface area (Å²) in [6.07, 6.45) is 2.37. The van der Waals surface area contributed by atoms with E-state index < -0.39 is 0 Å². The van der Waals surface area contributed by atoms with Crippen molar-refractivity contribution in [3.63, 3.8) is 0 Å². The van der Waals surface area contributed by atoms with Crippen LogP contribution in [-0.4, -0.2) is 68.2 Å². The molecule has 7 nitrogen and oxygen atoms in total. The predicted molar refractivity (Wildman–Crippen MR) is 110 cm³/mol. The van der Waals surface area contributed by atoms with E-state index in [-0.39, 0.29) is 5.91 Å². The Morgan fingerprint density at radius 2 is 1.90 bits per heavy atom. The van der Waals surface area contributed by atoms with Crippen molar-refractivity contribution < 1.29 is 18.7 Å². The number of nitrogens with one attached hydrogen (secondary N) is 1. The third kappa shape index (κ3) is 5.23. The number of rotatable bonds is 6. The molecule has 8 heteroatoms. The molecule has 0 radical (unpaired) electrons. The molecular formula is C21H26ClN3O4. The molecule has 0 aliphatic carbocycles. The summed E-state index contributed by atoms with van der Waals surface area (Å²) in [6, 6.07) is 7.40. The third-order valence-corrected chi connectivity index (χ3v) is 5.47. The van der Waals surface area contributed by atoms with Gasteiger partial charge in [0.25, 0.3) is 5.91 Å². The Kier molecular flexibility index (Phi) is 6.59. The maximum atomic E-state index is 11.9. The minimum Gasteiger partial charge on any atom is -0.489 e. The molecule has 156 valence electrons. The van der Waals surface area contributed by atoms with Crippen LogP contribution in [0.4, 0.5) is 0 Å². The topological polar surface area (TPSA) is 67.2 Å². The van der Waals surface area contributed by atoms with Crippen molar-refractivity contribution in [2.24, 2.45) is 0 Å². The highest BCUT2D eigenvalue weighted by atomic mass is 35.5. The van der Waals surface area contributed by atoms with Crippen LogP contribution in [-0.2, 0) is 6.54 Å². The second kappa shape index (κ2) is 9.52. The second-order valence-electron chi connectivity index (χ2n) is 7.31. The smallest absolute Gasteiger partial charge is 0.287 e.